The van der Waals surface area contributed by atoms with Crippen LogP contribution in [0.2, 0.25) is 0 Å². The molecule has 0 radical (unpaired) electrons. The fourth-order valence-corrected chi connectivity index (χ4v) is 1.05. The molecule has 1 rings (SSSR count). The van der Waals surface area contributed by atoms with Crippen molar-refractivity contribution in [1.29, 1.82) is 0 Å². The molecule has 48 valence electrons. The normalized spacial score (nSPS) is 9.44. The van der Waals surface area contributed by atoms with Gasteiger partial charge < -0.3 is 5.32 Å². The van der Waals surface area contributed by atoms with Gasteiger partial charge in [-0.15, -0.1) is 0 Å². The molecule has 1 nitrogen and oxygen atoms in total. The minimum absolute atomic E-state index is 1.15. The Kier molecular flexibility index (Phi) is 1.90. The highest BCUT2D eigenvalue weighted by Crippen LogP contribution is 2.00. The second-order valence-corrected chi connectivity index (χ2v) is 3.27. The molecule has 0 aliphatic carbocycles. The Morgan fingerprint density at radius 2 is 1.78 bits per heavy atom. The van der Waals surface area contributed by atoms with E-state index in [-0.39, 0.29) is 0 Å². The number of nitrogens with one attached hydrogen (secondary N) is 1. The summed E-state index contributed by atoms with van der Waals surface area (Å²) in [5, 5.41) is 4.51. The van der Waals surface area contributed by atoms with Crippen molar-refractivity contribution in [2.45, 2.75) is 0 Å². The highest BCUT2D eigenvalue weighted by molar-refractivity contribution is 6.32. The van der Waals surface area contributed by atoms with E-state index >= 15 is 0 Å². The molecule has 0 heterocycles. The quantitative estimate of drug-likeness (QED) is 0.525. The first-order valence-corrected chi connectivity index (χ1v) is 4.07. The van der Waals surface area contributed by atoms with Gasteiger partial charge in [-0.25, -0.2) is 0 Å². The van der Waals surface area contributed by atoms with Crippen LogP contribution in [0.3, 0.4) is 0 Å². The minimum atomic E-state index is 1.15. The third-order valence-corrected chi connectivity index (χ3v) is 2.01. The van der Waals surface area contributed by atoms with Crippen molar-refractivity contribution < 1.29 is 0 Å². The van der Waals surface area contributed by atoms with E-state index < -0.39 is 0 Å². The Morgan fingerprint density at radius 3 is 2.22 bits per heavy atom. The van der Waals surface area contributed by atoms with Crippen molar-refractivity contribution >= 4 is 21.1 Å². The molecule has 1 aromatic carbocycles. The third-order valence-electron chi connectivity index (χ3n) is 1.34. The van der Waals surface area contributed by atoms with Crippen LogP contribution in [0.1, 0.15) is 0 Å². The molecule has 0 fully saturated rings. The topological polar surface area (TPSA) is 12.0 Å². The van der Waals surface area contributed by atoms with Gasteiger partial charge in [0.05, 0.1) is 0 Å². The van der Waals surface area contributed by atoms with Gasteiger partial charge in [-0.1, -0.05) is 17.3 Å². The van der Waals surface area contributed by atoms with Crippen molar-refractivity contribution in [1.82, 2.24) is 0 Å². The fraction of sp³-hybridized carbons (Fsp3) is 0.143. The van der Waals surface area contributed by atoms with Crippen LogP contribution in [-0.4, -0.2) is 17.3 Å². The van der Waals surface area contributed by atoms with Crippen molar-refractivity contribution in [2.75, 3.05) is 12.4 Å². The summed E-state index contributed by atoms with van der Waals surface area (Å²) in [6.07, 6.45) is 0. The Morgan fingerprint density at radius 1 is 1.22 bits per heavy atom. The number of benzene rings is 1. The number of rotatable bonds is 1. The largest absolute Gasteiger partial charge is 0.388 e. The first-order chi connectivity index (χ1) is 4.33. The molecular weight excluding hydrogens is 126 g/mol. The van der Waals surface area contributed by atoms with Crippen LogP contribution >= 0.6 is 0 Å². The van der Waals surface area contributed by atoms with Gasteiger partial charge in [0.25, 0.3) is 0 Å². The summed E-state index contributed by atoms with van der Waals surface area (Å²) >= 11 is 0. The molecule has 0 unspecified atom stereocenters. The zero-order valence-electron chi connectivity index (χ0n) is 5.81. The molecule has 0 saturated carbocycles. The maximum Gasteiger partial charge on any atom is 0.0384 e. The Bertz CT molecular complexity index is 181. The van der Waals surface area contributed by atoms with Crippen LogP contribution in [0.25, 0.3) is 0 Å². The van der Waals surface area contributed by atoms with Crippen molar-refractivity contribution in [3.8, 4) is 0 Å². The van der Waals surface area contributed by atoms with E-state index in [4.69, 9.17) is 0 Å². The van der Waals surface area contributed by atoms with Gasteiger partial charge >= 0.3 is 0 Å². The van der Waals surface area contributed by atoms with Gasteiger partial charge in [-0.3, -0.25) is 0 Å². The van der Waals surface area contributed by atoms with E-state index in [1.54, 1.807) is 0 Å². The third kappa shape index (κ3) is 1.57. The Labute approximate surface area is 58.5 Å². The summed E-state index contributed by atoms with van der Waals surface area (Å²) in [5.41, 5.74) is 1.19. The highest BCUT2D eigenvalue weighted by Gasteiger charge is 1.83. The lowest BCUT2D eigenvalue weighted by molar-refractivity contribution is 1.52. The van der Waals surface area contributed by atoms with Crippen LogP contribution < -0.4 is 10.5 Å². The molecule has 0 aliphatic rings. The van der Waals surface area contributed by atoms with Gasteiger partial charge in [0, 0.05) is 23.0 Å². The number of anilines is 1. The predicted octanol–water partition coefficient (Wildman–Crippen LogP) is -0.281. The van der Waals surface area contributed by atoms with E-state index in [0.29, 0.717) is 0 Å². The molecule has 9 heavy (non-hydrogen) atoms. The van der Waals surface area contributed by atoms with E-state index in [2.05, 4.69) is 29.6 Å². The highest BCUT2D eigenvalue weighted by atomic mass is 28.1. The lowest BCUT2D eigenvalue weighted by Crippen LogP contribution is -2.00. The zero-order chi connectivity index (χ0) is 6.69. The van der Waals surface area contributed by atoms with E-state index in [9.17, 15) is 0 Å². The number of hydrogen-bond acceptors (Lipinski definition) is 1. The fourth-order valence-electron chi connectivity index (χ4n) is 0.720. The number of hydrogen-bond donors (Lipinski definition) is 1. The standard InChI is InChI=1S/C7H11NSi/c1-8-6-2-4-7(9)5-3-6/h2-5,8H,1,9H3. The first kappa shape index (κ1) is 6.36. The maximum absolute atomic E-state index is 3.07. The van der Waals surface area contributed by atoms with Gasteiger partial charge in [-0.05, 0) is 12.1 Å². The van der Waals surface area contributed by atoms with Gasteiger partial charge in [0.15, 0.2) is 0 Å². The molecule has 0 spiro atoms. The van der Waals surface area contributed by atoms with Crippen LogP contribution in [0.15, 0.2) is 24.3 Å². The summed E-state index contributed by atoms with van der Waals surface area (Å²) in [6, 6.07) is 8.50. The van der Waals surface area contributed by atoms with Gasteiger partial charge in [0.1, 0.15) is 0 Å². The van der Waals surface area contributed by atoms with Crippen LogP contribution in [0.5, 0.6) is 0 Å². The Hall–Kier alpha value is -0.763. The van der Waals surface area contributed by atoms with E-state index in [0.717, 1.165) is 10.2 Å². The summed E-state index contributed by atoms with van der Waals surface area (Å²) in [4.78, 5) is 0. The molecule has 0 bridgehead atoms. The lowest BCUT2D eigenvalue weighted by atomic mass is 10.3. The molecule has 1 N–H and O–H groups in total. The molecule has 0 aliphatic heterocycles. The molecule has 0 aromatic heterocycles. The molecule has 1 aromatic rings. The van der Waals surface area contributed by atoms with Crippen LogP contribution in [0.4, 0.5) is 5.69 Å². The summed E-state index contributed by atoms with van der Waals surface area (Å²) in [7, 11) is 3.08. The maximum atomic E-state index is 3.07. The summed E-state index contributed by atoms with van der Waals surface area (Å²) in [5.74, 6) is 0. The monoisotopic (exact) mass is 137 g/mol. The van der Waals surface area contributed by atoms with Gasteiger partial charge in [0.2, 0.25) is 0 Å². The lowest BCUT2D eigenvalue weighted by Gasteiger charge is -1.97. The molecule has 0 amide bonds. The van der Waals surface area contributed by atoms with E-state index in [1.165, 1.54) is 10.9 Å². The molecule has 0 saturated heterocycles. The van der Waals surface area contributed by atoms with Gasteiger partial charge in [-0.2, -0.15) is 0 Å². The summed E-state index contributed by atoms with van der Waals surface area (Å²) in [6.45, 7) is 0. The van der Waals surface area contributed by atoms with Crippen molar-refractivity contribution in [3.63, 3.8) is 0 Å². The Balaban J connectivity index is 2.88. The van der Waals surface area contributed by atoms with Crippen LogP contribution in [0, 0.1) is 0 Å². The molecule has 0 atom stereocenters. The average Bonchev–Trinajstić information content (AvgIpc) is 1.90. The predicted molar refractivity (Wildman–Crippen MR) is 45.6 cm³/mol. The SMILES string of the molecule is CNc1ccc([SiH3])cc1. The van der Waals surface area contributed by atoms with Crippen molar-refractivity contribution in [3.05, 3.63) is 24.3 Å². The average molecular weight is 137 g/mol. The second-order valence-electron chi connectivity index (χ2n) is 2.12. The van der Waals surface area contributed by atoms with Crippen LogP contribution in [-0.2, 0) is 0 Å². The summed E-state index contributed by atoms with van der Waals surface area (Å²) < 4.78 is 0. The molecule has 2 heteroatoms. The minimum Gasteiger partial charge on any atom is -0.388 e. The second kappa shape index (κ2) is 2.69. The van der Waals surface area contributed by atoms with E-state index in [1.807, 2.05) is 7.05 Å². The molecular formula is C7H11NSi. The first-order valence-electron chi connectivity index (χ1n) is 3.07. The zero-order valence-corrected chi connectivity index (χ0v) is 7.81. The van der Waals surface area contributed by atoms with Crippen molar-refractivity contribution in [2.24, 2.45) is 0 Å². The smallest absolute Gasteiger partial charge is 0.0384 e.